The summed E-state index contributed by atoms with van der Waals surface area (Å²) in [6.45, 7) is 2.05. The van der Waals surface area contributed by atoms with Crippen LogP contribution in [0, 0.1) is 6.92 Å². The second-order valence-corrected chi connectivity index (χ2v) is 3.17. The van der Waals surface area contributed by atoms with Crippen molar-refractivity contribution in [2.75, 3.05) is 6.54 Å². The molecule has 0 saturated heterocycles. The summed E-state index contributed by atoms with van der Waals surface area (Å²) in [5.74, 6) is -0.937. The van der Waals surface area contributed by atoms with Crippen LogP contribution in [0.5, 0.6) is 0 Å². The molecule has 0 aliphatic carbocycles. The van der Waals surface area contributed by atoms with Gasteiger partial charge in [0.2, 0.25) is 0 Å². The number of benzene rings is 1. The highest BCUT2D eigenvalue weighted by atomic mass is 16.4. The van der Waals surface area contributed by atoms with Crippen molar-refractivity contribution in [2.45, 2.75) is 13.0 Å². The van der Waals surface area contributed by atoms with Gasteiger partial charge in [-0.2, -0.15) is 0 Å². The van der Waals surface area contributed by atoms with Gasteiger partial charge >= 0.3 is 5.97 Å². The Kier molecular flexibility index (Phi) is 3.22. The molecule has 0 heterocycles. The maximum Gasteiger partial charge on any atom is 0.335 e. The largest absolute Gasteiger partial charge is 0.478 e. The van der Waals surface area contributed by atoms with E-state index in [0.29, 0.717) is 12.1 Å². The first-order valence-electron chi connectivity index (χ1n) is 4.36. The van der Waals surface area contributed by atoms with Gasteiger partial charge in [-0.25, -0.2) is 4.79 Å². The number of carboxylic acids is 1. The Hall–Kier alpha value is -1.39. The normalized spacial score (nSPS) is 12.5. The molecule has 76 valence electrons. The van der Waals surface area contributed by atoms with Crippen LogP contribution in [0.3, 0.4) is 0 Å². The Bertz CT molecular complexity index is 350. The molecule has 0 radical (unpaired) electrons. The Morgan fingerprint density at radius 1 is 1.57 bits per heavy atom. The van der Waals surface area contributed by atoms with Gasteiger partial charge in [-0.3, -0.25) is 0 Å². The van der Waals surface area contributed by atoms with Gasteiger partial charge < -0.3 is 16.6 Å². The van der Waals surface area contributed by atoms with Crippen LogP contribution >= 0.6 is 0 Å². The molecule has 0 fully saturated rings. The smallest absolute Gasteiger partial charge is 0.335 e. The predicted molar refractivity (Wildman–Crippen MR) is 54.1 cm³/mol. The molecule has 1 aromatic carbocycles. The lowest BCUT2D eigenvalue weighted by Gasteiger charge is -2.13. The van der Waals surface area contributed by atoms with E-state index in [-0.39, 0.29) is 11.6 Å². The van der Waals surface area contributed by atoms with E-state index in [1.807, 2.05) is 0 Å². The van der Waals surface area contributed by atoms with Gasteiger partial charge in [-0.05, 0) is 24.1 Å². The zero-order chi connectivity index (χ0) is 10.7. The highest BCUT2D eigenvalue weighted by Gasteiger charge is 2.13. The molecule has 1 unspecified atom stereocenters. The maximum absolute atomic E-state index is 10.8. The summed E-state index contributed by atoms with van der Waals surface area (Å²) in [7, 11) is 0. The average Bonchev–Trinajstić information content (AvgIpc) is 2.16. The second kappa shape index (κ2) is 4.21. The molecular formula is C10H14N2O2. The van der Waals surface area contributed by atoms with Crippen LogP contribution in [-0.2, 0) is 0 Å². The topological polar surface area (TPSA) is 89.3 Å². The monoisotopic (exact) mass is 194 g/mol. The number of rotatable bonds is 3. The van der Waals surface area contributed by atoms with Crippen molar-refractivity contribution in [3.8, 4) is 0 Å². The van der Waals surface area contributed by atoms with Gasteiger partial charge in [-0.15, -0.1) is 0 Å². The van der Waals surface area contributed by atoms with Crippen molar-refractivity contribution in [3.05, 3.63) is 34.9 Å². The lowest BCUT2D eigenvalue weighted by molar-refractivity contribution is 0.0696. The fourth-order valence-corrected chi connectivity index (χ4v) is 1.41. The number of hydrogen-bond acceptors (Lipinski definition) is 3. The van der Waals surface area contributed by atoms with Gasteiger partial charge in [0.25, 0.3) is 0 Å². The highest BCUT2D eigenvalue weighted by molar-refractivity contribution is 5.89. The van der Waals surface area contributed by atoms with Crippen LogP contribution in [0.4, 0.5) is 0 Å². The van der Waals surface area contributed by atoms with E-state index >= 15 is 0 Å². The summed E-state index contributed by atoms with van der Waals surface area (Å²) in [6, 6.07) is 4.75. The first-order valence-corrected chi connectivity index (χ1v) is 4.36. The van der Waals surface area contributed by atoms with Crippen LogP contribution < -0.4 is 11.5 Å². The van der Waals surface area contributed by atoms with Crippen molar-refractivity contribution >= 4 is 5.97 Å². The predicted octanol–water partition coefficient (Wildman–Crippen LogP) is 0.652. The third-order valence-electron chi connectivity index (χ3n) is 2.26. The van der Waals surface area contributed by atoms with Crippen molar-refractivity contribution in [1.29, 1.82) is 0 Å². The first-order chi connectivity index (χ1) is 6.57. The quantitative estimate of drug-likeness (QED) is 0.659. The number of nitrogens with two attached hydrogens (primary N) is 2. The number of hydrogen-bond donors (Lipinski definition) is 3. The van der Waals surface area contributed by atoms with Crippen LogP contribution in [-0.4, -0.2) is 17.6 Å². The third-order valence-corrected chi connectivity index (χ3v) is 2.26. The maximum atomic E-state index is 10.8. The lowest BCUT2D eigenvalue weighted by atomic mass is 9.97. The molecule has 1 atom stereocenters. The zero-order valence-corrected chi connectivity index (χ0v) is 8.03. The first kappa shape index (κ1) is 10.7. The van der Waals surface area contributed by atoms with E-state index in [1.54, 1.807) is 25.1 Å². The lowest BCUT2D eigenvalue weighted by Crippen LogP contribution is -2.22. The molecule has 1 rings (SSSR count). The summed E-state index contributed by atoms with van der Waals surface area (Å²) in [5.41, 5.74) is 12.9. The minimum atomic E-state index is -0.937. The second-order valence-electron chi connectivity index (χ2n) is 3.17. The Labute approximate surface area is 82.5 Å². The van der Waals surface area contributed by atoms with Crippen molar-refractivity contribution in [3.63, 3.8) is 0 Å². The van der Waals surface area contributed by atoms with Gasteiger partial charge in [0.05, 0.1) is 5.56 Å². The molecule has 14 heavy (non-hydrogen) atoms. The van der Waals surface area contributed by atoms with Crippen LogP contribution in [0.15, 0.2) is 18.2 Å². The summed E-state index contributed by atoms with van der Waals surface area (Å²) < 4.78 is 0. The third kappa shape index (κ3) is 1.92. The molecular weight excluding hydrogens is 180 g/mol. The molecule has 0 aromatic heterocycles. The van der Waals surface area contributed by atoms with Crippen molar-refractivity contribution < 1.29 is 9.90 Å². The van der Waals surface area contributed by atoms with Gasteiger partial charge in [0, 0.05) is 12.6 Å². The van der Waals surface area contributed by atoms with E-state index in [9.17, 15) is 4.79 Å². The molecule has 0 amide bonds. The van der Waals surface area contributed by atoms with Crippen LogP contribution in [0.2, 0.25) is 0 Å². The van der Waals surface area contributed by atoms with E-state index in [4.69, 9.17) is 16.6 Å². The number of carbonyl (C=O) groups is 1. The van der Waals surface area contributed by atoms with Crippen molar-refractivity contribution in [2.24, 2.45) is 11.5 Å². The number of aromatic carboxylic acids is 1. The summed E-state index contributed by atoms with van der Waals surface area (Å²) in [5, 5.41) is 8.87. The van der Waals surface area contributed by atoms with Gasteiger partial charge in [0.15, 0.2) is 0 Å². The molecule has 4 nitrogen and oxygen atoms in total. The SMILES string of the molecule is Cc1c(C(=O)O)cccc1C(N)CN. The summed E-state index contributed by atoms with van der Waals surface area (Å²) in [6.07, 6.45) is 0. The Morgan fingerprint density at radius 3 is 2.71 bits per heavy atom. The molecule has 0 aliphatic heterocycles. The summed E-state index contributed by atoms with van der Waals surface area (Å²) in [4.78, 5) is 10.8. The summed E-state index contributed by atoms with van der Waals surface area (Å²) >= 11 is 0. The van der Waals surface area contributed by atoms with E-state index in [1.165, 1.54) is 0 Å². The van der Waals surface area contributed by atoms with E-state index in [0.717, 1.165) is 5.56 Å². The molecule has 0 saturated carbocycles. The van der Waals surface area contributed by atoms with Gasteiger partial charge in [-0.1, -0.05) is 12.1 Å². The fourth-order valence-electron chi connectivity index (χ4n) is 1.41. The van der Waals surface area contributed by atoms with Crippen LogP contribution in [0.25, 0.3) is 0 Å². The highest BCUT2D eigenvalue weighted by Crippen LogP contribution is 2.18. The fraction of sp³-hybridized carbons (Fsp3) is 0.300. The zero-order valence-electron chi connectivity index (χ0n) is 8.03. The minimum Gasteiger partial charge on any atom is -0.478 e. The molecule has 5 N–H and O–H groups in total. The van der Waals surface area contributed by atoms with E-state index in [2.05, 4.69) is 0 Å². The Morgan fingerprint density at radius 2 is 2.21 bits per heavy atom. The molecule has 4 heteroatoms. The standard InChI is InChI=1S/C10H14N2O2/c1-6-7(9(12)5-11)3-2-4-8(6)10(13)14/h2-4,9H,5,11-12H2,1H3,(H,13,14). The van der Waals surface area contributed by atoms with E-state index < -0.39 is 5.97 Å². The minimum absolute atomic E-state index is 0.284. The molecule has 0 bridgehead atoms. The van der Waals surface area contributed by atoms with Gasteiger partial charge in [0.1, 0.15) is 0 Å². The molecule has 1 aromatic rings. The Balaban J connectivity index is 3.20. The van der Waals surface area contributed by atoms with Crippen LogP contribution in [0.1, 0.15) is 27.5 Å². The molecule has 0 spiro atoms. The number of carboxylic acid groups (broad SMARTS) is 1. The molecule has 0 aliphatic rings. The van der Waals surface area contributed by atoms with Crippen molar-refractivity contribution in [1.82, 2.24) is 0 Å². The average molecular weight is 194 g/mol.